The first-order chi connectivity index (χ1) is 7.99. The third-order valence-corrected chi connectivity index (χ3v) is 3.11. The molecule has 1 N–H and O–H groups in total. The number of nitrogens with one attached hydrogen (secondary N) is 1. The van der Waals surface area contributed by atoms with E-state index in [1.165, 1.54) is 13.3 Å². The van der Waals surface area contributed by atoms with Gasteiger partial charge in [0.1, 0.15) is 0 Å². The van der Waals surface area contributed by atoms with E-state index in [1.807, 2.05) is 0 Å². The fraction of sp³-hybridized carbons (Fsp3) is 0.727. The van der Waals surface area contributed by atoms with Gasteiger partial charge >= 0.3 is 5.88 Å². The van der Waals surface area contributed by atoms with Gasteiger partial charge in [-0.3, -0.25) is 14.6 Å². The lowest BCUT2D eigenvalue weighted by atomic mass is 9.92. The largest absolute Gasteiger partial charge is 0.305 e. The standard InChI is InChI=1S/C11H18N4O2/c1-9(16)12-10-8-15(13-17-10)14-7-5-4-6-11(14,2)3/h8H,4-7H2,1-3H3/p+1. The summed E-state index contributed by atoms with van der Waals surface area (Å²) in [6.07, 6.45) is 5.22. The number of carbonyl (C=O) groups is 1. The summed E-state index contributed by atoms with van der Waals surface area (Å²) in [6, 6.07) is 0. The molecule has 1 aliphatic rings. The molecule has 2 rings (SSSR count). The topological polar surface area (TPSA) is 62.3 Å². The first-order valence-electron chi connectivity index (χ1n) is 5.93. The van der Waals surface area contributed by atoms with Crippen molar-refractivity contribution in [3.63, 3.8) is 0 Å². The Hall–Kier alpha value is -1.59. The molecule has 1 aromatic rings. The number of anilines is 1. The van der Waals surface area contributed by atoms with E-state index in [-0.39, 0.29) is 11.4 Å². The maximum atomic E-state index is 10.9. The molecular weight excluding hydrogens is 220 g/mol. The predicted molar refractivity (Wildman–Crippen MR) is 62.0 cm³/mol. The first-order valence-corrected chi connectivity index (χ1v) is 5.93. The van der Waals surface area contributed by atoms with Gasteiger partial charge in [-0.05, 0) is 33.1 Å². The number of rotatable bonds is 2. The Morgan fingerprint density at radius 3 is 3.00 bits per heavy atom. The van der Waals surface area contributed by atoms with Gasteiger partial charge < -0.3 is 0 Å². The fourth-order valence-corrected chi connectivity index (χ4v) is 2.21. The van der Waals surface area contributed by atoms with E-state index < -0.39 is 0 Å². The summed E-state index contributed by atoms with van der Waals surface area (Å²) in [6.45, 7) is 6.76. The Morgan fingerprint density at radius 2 is 2.35 bits per heavy atom. The second-order valence-corrected chi connectivity index (χ2v) is 5.06. The zero-order valence-corrected chi connectivity index (χ0v) is 10.6. The van der Waals surface area contributed by atoms with Gasteiger partial charge in [0.05, 0.1) is 16.9 Å². The van der Waals surface area contributed by atoms with Crippen LogP contribution in [0.3, 0.4) is 0 Å². The van der Waals surface area contributed by atoms with Crippen molar-refractivity contribution in [2.24, 2.45) is 0 Å². The van der Waals surface area contributed by atoms with Crippen LogP contribution < -0.4 is 15.1 Å². The van der Waals surface area contributed by atoms with Crippen molar-refractivity contribution >= 4 is 11.8 Å². The van der Waals surface area contributed by atoms with E-state index in [1.54, 1.807) is 11.0 Å². The highest BCUT2D eigenvalue weighted by molar-refractivity contribution is 5.86. The molecule has 0 aromatic carbocycles. The van der Waals surface area contributed by atoms with Crippen molar-refractivity contribution in [2.45, 2.75) is 45.6 Å². The van der Waals surface area contributed by atoms with Crippen molar-refractivity contribution in [3.05, 3.63) is 6.20 Å². The van der Waals surface area contributed by atoms with Crippen LogP contribution in [0.25, 0.3) is 0 Å². The van der Waals surface area contributed by atoms with Crippen LogP contribution in [0.2, 0.25) is 0 Å². The number of piperidine rings is 1. The lowest BCUT2D eigenvalue weighted by Crippen LogP contribution is -2.69. The normalized spacial score (nSPS) is 19.1. The quantitative estimate of drug-likeness (QED) is 0.776. The maximum absolute atomic E-state index is 10.9. The Morgan fingerprint density at radius 1 is 1.59 bits per heavy atom. The molecule has 6 heteroatoms. The van der Waals surface area contributed by atoms with Gasteiger partial charge in [0.25, 0.3) is 6.20 Å². The average Bonchev–Trinajstić information content (AvgIpc) is 2.64. The second kappa shape index (κ2) is 4.35. The second-order valence-electron chi connectivity index (χ2n) is 5.06. The van der Waals surface area contributed by atoms with E-state index >= 15 is 0 Å². The fourth-order valence-electron chi connectivity index (χ4n) is 2.21. The minimum Gasteiger partial charge on any atom is -0.289 e. The van der Waals surface area contributed by atoms with Crippen LogP contribution in [0.5, 0.6) is 0 Å². The summed E-state index contributed by atoms with van der Waals surface area (Å²) in [5.74, 6) is 0.213. The van der Waals surface area contributed by atoms with Crippen LogP contribution in [0.1, 0.15) is 40.0 Å². The zero-order valence-electron chi connectivity index (χ0n) is 10.6. The van der Waals surface area contributed by atoms with Gasteiger partial charge in [0.2, 0.25) is 11.2 Å². The molecule has 1 aliphatic heterocycles. The Labute approximate surface area is 101 Å². The number of amides is 1. The molecular formula is C11H19N4O2+. The number of carbonyl (C=O) groups excluding carboxylic acids is 1. The van der Waals surface area contributed by atoms with Crippen LogP contribution in [-0.4, -0.2) is 23.3 Å². The van der Waals surface area contributed by atoms with Crippen molar-refractivity contribution in [1.82, 2.24) is 5.27 Å². The van der Waals surface area contributed by atoms with Gasteiger partial charge in [0, 0.05) is 6.92 Å². The smallest absolute Gasteiger partial charge is 0.289 e. The molecule has 94 valence electrons. The van der Waals surface area contributed by atoms with E-state index in [0.717, 1.165) is 19.4 Å². The molecule has 1 amide bonds. The van der Waals surface area contributed by atoms with Gasteiger partial charge in [-0.25, -0.2) is 0 Å². The highest BCUT2D eigenvalue weighted by atomic mass is 16.5. The summed E-state index contributed by atoms with van der Waals surface area (Å²) in [5.41, 5.74) is 0.0628. The summed E-state index contributed by atoms with van der Waals surface area (Å²) in [4.78, 5) is 12.6. The number of hydrogen-bond acceptors (Lipinski definition) is 4. The predicted octanol–water partition coefficient (Wildman–Crippen LogP) is 0.821. The minimum atomic E-state index is -0.161. The minimum absolute atomic E-state index is 0.0628. The van der Waals surface area contributed by atoms with Gasteiger partial charge in [-0.1, -0.05) is 0 Å². The van der Waals surface area contributed by atoms with E-state index in [9.17, 15) is 4.79 Å². The van der Waals surface area contributed by atoms with Crippen molar-refractivity contribution in [2.75, 3.05) is 16.9 Å². The van der Waals surface area contributed by atoms with Crippen molar-refractivity contribution < 1.29 is 14.1 Å². The highest BCUT2D eigenvalue weighted by Gasteiger charge is 2.37. The summed E-state index contributed by atoms with van der Waals surface area (Å²) >= 11 is 0. The monoisotopic (exact) mass is 239 g/mol. The lowest BCUT2D eigenvalue weighted by Gasteiger charge is -2.35. The van der Waals surface area contributed by atoms with Gasteiger partial charge in [-0.2, -0.15) is 0 Å². The molecule has 17 heavy (non-hydrogen) atoms. The van der Waals surface area contributed by atoms with E-state index in [0.29, 0.717) is 5.88 Å². The third-order valence-electron chi connectivity index (χ3n) is 3.11. The molecule has 1 fully saturated rings. The van der Waals surface area contributed by atoms with Gasteiger partial charge in [0.15, 0.2) is 0 Å². The Balaban J connectivity index is 2.15. The third kappa shape index (κ3) is 2.57. The highest BCUT2D eigenvalue weighted by Crippen LogP contribution is 2.23. The van der Waals surface area contributed by atoms with Crippen molar-refractivity contribution in [1.29, 1.82) is 0 Å². The molecule has 0 unspecified atom stereocenters. The average molecular weight is 239 g/mol. The summed E-state index contributed by atoms with van der Waals surface area (Å²) < 4.78 is 5.06. The number of hydrogen-bond donors (Lipinski definition) is 1. The van der Waals surface area contributed by atoms with E-state index in [4.69, 9.17) is 4.52 Å². The van der Waals surface area contributed by atoms with Gasteiger partial charge in [-0.15, -0.1) is 5.01 Å². The van der Waals surface area contributed by atoms with Crippen LogP contribution in [0.4, 0.5) is 5.88 Å². The van der Waals surface area contributed by atoms with Crippen LogP contribution in [0, 0.1) is 0 Å². The molecule has 0 aliphatic carbocycles. The zero-order chi connectivity index (χ0) is 12.5. The van der Waals surface area contributed by atoms with Crippen molar-refractivity contribution in [3.8, 4) is 0 Å². The molecule has 0 saturated carbocycles. The molecule has 0 radical (unpaired) electrons. The Bertz CT molecular complexity index is 413. The molecule has 0 spiro atoms. The SMILES string of the molecule is CC(=O)Nc1c[n+](N2CCCCC2(C)C)no1. The lowest BCUT2D eigenvalue weighted by molar-refractivity contribution is -0.766. The number of aromatic nitrogens is 2. The van der Waals surface area contributed by atoms with Crippen LogP contribution >= 0.6 is 0 Å². The maximum Gasteiger partial charge on any atom is 0.305 e. The first kappa shape index (κ1) is 11.9. The summed E-state index contributed by atoms with van der Waals surface area (Å²) in [5, 5.41) is 8.68. The molecule has 6 nitrogen and oxygen atoms in total. The molecule has 2 heterocycles. The molecule has 1 aromatic heterocycles. The molecule has 0 bridgehead atoms. The molecule has 1 saturated heterocycles. The van der Waals surface area contributed by atoms with E-state index in [2.05, 4.69) is 29.4 Å². The number of nitrogens with zero attached hydrogens (tertiary/aromatic N) is 3. The van der Waals surface area contributed by atoms with Crippen LogP contribution in [-0.2, 0) is 4.79 Å². The summed E-state index contributed by atoms with van der Waals surface area (Å²) in [7, 11) is 0. The van der Waals surface area contributed by atoms with Crippen LogP contribution in [0.15, 0.2) is 10.7 Å². The Kier molecular flexibility index (Phi) is 3.04. The molecule has 0 atom stereocenters.